The third-order valence-corrected chi connectivity index (χ3v) is 5.06. The van der Waals surface area contributed by atoms with Crippen LogP contribution in [0.1, 0.15) is 32.3 Å². The highest BCUT2D eigenvalue weighted by molar-refractivity contribution is 8.24. The molecule has 1 unspecified atom stereocenters. The van der Waals surface area contributed by atoms with Crippen LogP contribution in [0, 0.1) is 0 Å². The van der Waals surface area contributed by atoms with E-state index in [0.29, 0.717) is 23.7 Å². The summed E-state index contributed by atoms with van der Waals surface area (Å²) in [6, 6.07) is 7.80. The molecule has 1 fully saturated rings. The quantitative estimate of drug-likeness (QED) is 0.811. The van der Waals surface area contributed by atoms with Gasteiger partial charge in [-0.1, -0.05) is 49.1 Å². The molecule has 1 aromatic carbocycles. The molecule has 2 amide bonds. The molecule has 22 heavy (non-hydrogen) atoms. The molecule has 1 heterocycles. The van der Waals surface area contributed by atoms with Crippen molar-refractivity contribution in [2.75, 3.05) is 11.9 Å². The van der Waals surface area contributed by atoms with Gasteiger partial charge in [0.2, 0.25) is 11.8 Å². The first-order chi connectivity index (χ1) is 10.5. The first kappa shape index (κ1) is 17.0. The molecule has 0 aliphatic carbocycles. The number of thiocarbonyl (C=S) groups is 1. The summed E-state index contributed by atoms with van der Waals surface area (Å²) in [5, 5.41) is 2.84. The number of thioether (sulfide) groups is 1. The first-order valence-corrected chi connectivity index (χ1v) is 8.71. The van der Waals surface area contributed by atoms with E-state index < -0.39 is 0 Å². The van der Waals surface area contributed by atoms with Crippen molar-refractivity contribution in [1.82, 2.24) is 4.90 Å². The van der Waals surface area contributed by atoms with Crippen LogP contribution in [0.3, 0.4) is 0 Å². The highest BCUT2D eigenvalue weighted by atomic mass is 32.2. The SMILES string of the molecule is CCc1ccccc1NC(=O)CCCN1C(=O)C(C)SC1=S. The Balaban J connectivity index is 1.81. The van der Waals surface area contributed by atoms with Gasteiger partial charge in [0.25, 0.3) is 0 Å². The minimum Gasteiger partial charge on any atom is -0.326 e. The minimum absolute atomic E-state index is 0.0286. The van der Waals surface area contributed by atoms with Gasteiger partial charge in [0, 0.05) is 18.7 Å². The maximum absolute atomic E-state index is 12.0. The average Bonchev–Trinajstić information content (AvgIpc) is 2.74. The summed E-state index contributed by atoms with van der Waals surface area (Å²) in [7, 11) is 0. The number of aryl methyl sites for hydroxylation is 1. The number of amides is 2. The smallest absolute Gasteiger partial charge is 0.241 e. The van der Waals surface area contributed by atoms with E-state index in [1.165, 1.54) is 11.8 Å². The molecule has 0 saturated carbocycles. The van der Waals surface area contributed by atoms with Crippen molar-refractivity contribution in [3.05, 3.63) is 29.8 Å². The molecule has 1 atom stereocenters. The molecule has 1 aliphatic heterocycles. The standard InChI is InChI=1S/C16H20N2O2S2/c1-3-12-7-4-5-8-13(12)17-14(19)9-6-10-18-15(20)11(2)22-16(18)21/h4-5,7-8,11H,3,6,9-10H2,1-2H3,(H,17,19). The molecule has 2 rings (SSSR count). The molecule has 0 bridgehead atoms. The normalized spacial score (nSPS) is 17.9. The zero-order valence-electron chi connectivity index (χ0n) is 12.8. The van der Waals surface area contributed by atoms with Crippen LogP contribution in [0.2, 0.25) is 0 Å². The van der Waals surface area contributed by atoms with Crippen molar-refractivity contribution in [2.45, 2.75) is 38.4 Å². The lowest BCUT2D eigenvalue weighted by atomic mass is 10.1. The van der Waals surface area contributed by atoms with E-state index in [4.69, 9.17) is 12.2 Å². The number of nitrogens with zero attached hydrogens (tertiary/aromatic N) is 1. The van der Waals surface area contributed by atoms with Crippen LogP contribution < -0.4 is 5.32 Å². The second-order valence-electron chi connectivity index (χ2n) is 5.18. The van der Waals surface area contributed by atoms with E-state index in [9.17, 15) is 9.59 Å². The topological polar surface area (TPSA) is 49.4 Å². The van der Waals surface area contributed by atoms with Gasteiger partial charge in [-0.2, -0.15) is 0 Å². The van der Waals surface area contributed by atoms with Crippen LogP contribution >= 0.6 is 24.0 Å². The fourth-order valence-corrected chi connectivity index (χ4v) is 3.79. The summed E-state index contributed by atoms with van der Waals surface area (Å²) in [6.07, 6.45) is 1.87. The minimum atomic E-state index is -0.0993. The molecule has 1 aromatic rings. The van der Waals surface area contributed by atoms with E-state index in [2.05, 4.69) is 12.2 Å². The van der Waals surface area contributed by atoms with Crippen LogP contribution in [0.15, 0.2) is 24.3 Å². The van der Waals surface area contributed by atoms with Gasteiger partial charge in [-0.3, -0.25) is 14.5 Å². The number of hydrogen-bond donors (Lipinski definition) is 1. The zero-order chi connectivity index (χ0) is 16.1. The van der Waals surface area contributed by atoms with E-state index >= 15 is 0 Å². The molecule has 1 aliphatic rings. The highest BCUT2D eigenvalue weighted by Crippen LogP contribution is 2.26. The molecule has 4 nitrogen and oxygen atoms in total. The van der Waals surface area contributed by atoms with Crippen LogP contribution in [0.5, 0.6) is 0 Å². The maximum Gasteiger partial charge on any atom is 0.241 e. The van der Waals surface area contributed by atoms with E-state index in [1.807, 2.05) is 31.2 Å². The fraction of sp³-hybridized carbons (Fsp3) is 0.438. The largest absolute Gasteiger partial charge is 0.326 e. The number of anilines is 1. The molecule has 0 spiro atoms. The molecule has 1 saturated heterocycles. The van der Waals surface area contributed by atoms with Gasteiger partial charge >= 0.3 is 0 Å². The lowest BCUT2D eigenvalue weighted by molar-refractivity contribution is -0.126. The molecule has 118 valence electrons. The molecule has 0 radical (unpaired) electrons. The molecular weight excluding hydrogens is 316 g/mol. The van der Waals surface area contributed by atoms with Gasteiger partial charge in [0.1, 0.15) is 4.32 Å². The van der Waals surface area contributed by atoms with E-state index in [1.54, 1.807) is 4.90 Å². The van der Waals surface area contributed by atoms with Gasteiger partial charge in [-0.15, -0.1) is 0 Å². The van der Waals surface area contributed by atoms with Crippen molar-refractivity contribution >= 4 is 45.8 Å². The summed E-state index contributed by atoms with van der Waals surface area (Å²) in [6.45, 7) is 4.43. The Morgan fingerprint density at radius 1 is 1.41 bits per heavy atom. The number of carbonyl (C=O) groups excluding carboxylic acids is 2. The summed E-state index contributed by atoms with van der Waals surface area (Å²) < 4.78 is 0.620. The number of rotatable bonds is 6. The second-order valence-corrected chi connectivity index (χ2v) is 7.15. The Morgan fingerprint density at radius 2 is 2.14 bits per heavy atom. The lowest BCUT2D eigenvalue weighted by Crippen LogP contribution is -2.32. The lowest BCUT2D eigenvalue weighted by Gasteiger charge is -2.15. The summed E-state index contributed by atoms with van der Waals surface area (Å²) in [4.78, 5) is 25.5. The van der Waals surface area contributed by atoms with Crippen molar-refractivity contribution in [3.63, 3.8) is 0 Å². The zero-order valence-corrected chi connectivity index (χ0v) is 14.4. The number of para-hydroxylation sites is 1. The van der Waals surface area contributed by atoms with Gasteiger partial charge < -0.3 is 5.32 Å². The first-order valence-electron chi connectivity index (χ1n) is 7.42. The number of carbonyl (C=O) groups is 2. The molecule has 0 aromatic heterocycles. The molecular formula is C16H20N2O2S2. The molecule has 6 heteroatoms. The monoisotopic (exact) mass is 336 g/mol. The summed E-state index contributed by atoms with van der Waals surface area (Å²) >= 11 is 6.59. The predicted molar refractivity (Wildman–Crippen MR) is 95.0 cm³/mol. The highest BCUT2D eigenvalue weighted by Gasteiger charge is 2.33. The van der Waals surface area contributed by atoms with E-state index in [-0.39, 0.29) is 17.1 Å². The summed E-state index contributed by atoms with van der Waals surface area (Å²) in [5.74, 6) is 0.0194. The Morgan fingerprint density at radius 3 is 2.77 bits per heavy atom. The van der Waals surface area contributed by atoms with Crippen molar-refractivity contribution in [2.24, 2.45) is 0 Å². The van der Waals surface area contributed by atoms with E-state index in [0.717, 1.165) is 17.7 Å². The Labute approximate surface area is 140 Å². The molecule has 1 N–H and O–H groups in total. The number of benzene rings is 1. The van der Waals surface area contributed by atoms with Crippen LogP contribution in [-0.4, -0.2) is 32.8 Å². The van der Waals surface area contributed by atoms with Crippen LogP contribution in [0.4, 0.5) is 5.69 Å². The van der Waals surface area contributed by atoms with Gasteiger partial charge in [0.15, 0.2) is 0 Å². The third kappa shape index (κ3) is 4.08. The Kier molecular flexibility index (Phi) is 5.97. The third-order valence-electron chi connectivity index (χ3n) is 3.57. The van der Waals surface area contributed by atoms with Crippen LogP contribution in [-0.2, 0) is 16.0 Å². The fourth-order valence-electron chi connectivity index (χ4n) is 2.34. The Hall–Kier alpha value is -1.40. The summed E-state index contributed by atoms with van der Waals surface area (Å²) in [5.41, 5.74) is 1.99. The Bertz CT molecular complexity index is 589. The van der Waals surface area contributed by atoms with Crippen molar-refractivity contribution in [3.8, 4) is 0 Å². The van der Waals surface area contributed by atoms with Crippen molar-refractivity contribution in [1.29, 1.82) is 0 Å². The van der Waals surface area contributed by atoms with Gasteiger partial charge in [-0.05, 0) is 31.4 Å². The maximum atomic E-state index is 12.0. The average molecular weight is 336 g/mol. The van der Waals surface area contributed by atoms with Crippen molar-refractivity contribution < 1.29 is 9.59 Å². The van der Waals surface area contributed by atoms with Gasteiger partial charge in [-0.25, -0.2) is 0 Å². The van der Waals surface area contributed by atoms with Gasteiger partial charge in [0.05, 0.1) is 5.25 Å². The predicted octanol–water partition coefficient (Wildman–Crippen LogP) is 3.22. The second kappa shape index (κ2) is 7.74. The number of nitrogens with one attached hydrogen (secondary N) is 1. The van der Waals surface area contributed by atoms with Crippen LogP contribution in [0.25, 0.3) is 0 Å². The number of hydrogen-bond acceptors (Lipinski definition) is 4.